The molecule has 0 aromatic carbocycles. The average molecular weight is 304 g/mol. The van der Waals surface area contributed by atoms with E-state index in [1.54, 1.807) is 0 Å². The predicted octanol–water partition coefficient (Wildman–Crippen LogP) is 1.24. The van der Waals surface area contributed by atoms with Crippen molar-refractivity contribution in [2.45, 2.75) is 19.4 Å². The number of aromatic nitrogens is 2. The molecule has 0 saturated carbocycles. The van der Waals surface area contributed by atoms with Gasteiger partial charge in [-0.2, -0.15) is 0 Å². The van der Waals surface area contributed by atoms with Crippen molar-refractivity contribution >= 4 is 21.7 Å². The lowest BCUT2D eigenvalue weighted by molar-refractivity contribution is 0.110. The molecular weight excluding hydrogens is 286 g/mol. The summed E-state index contributed by atoms with van der Waals surface area (Å²) >= 11 is 3.34. The quantitative estimate of drug-likeness (QED) is 0.630. The minimum atomic E-state index is -0.0826. The van der Waals surface area contributed by atoms with Crippen LogP contribution in [0.15, 0.2) is 10.8 Å². The lowest BCUT2D eigenvalue weighted by Gasteiger charge is -2.32. The third-order valence-corrected chi connectivity index (χ3v) is 3.38. The largest absolute Gasteiger partial charge is 0.475 e. The van der Waals surface area contributed by atoms with Crippen LogP contribution in [0.5, 0.6) is 5.88 Å². The van der Waals surface area contributed by atoms with Gasteiger partial charge in [0.1, 0.15) is 17.4 Å². The maximum atomic E-state index is 5.67. The van der Waals surface area contributed by atoms with E-state index in [2.05, 4.69) is 50.1 Å². The first-order valence-electron chi connectivity index (χ1n) is 5.16. The topological polar surface area (TPSA) is 76.3 Å². The molecule has 7 heteroatoms. The van der Waals surface area contributed by atoms with Crippen LogP contribution in [0.3, 0.4) is 0 Å². The fourth-order valence-corrected chi connectivity index (χ4v) is 1.36. The zero-order valence-electron chi connectivity index (χ0n) is 10.5. The summed E-state index contributed by atoms with van der Waals surface area (Å²) in [4.78, 5) is 10.1. The third kappa shape index (κ3) is 3.52. The summed E-state index contributed by atoms with van der Waals surface area (Å²) in [6.45, 7) is 4.69. The second-order valence-corrected chi connectivity index (χ2v) is 5.27. The van der Waals surface area contributed by atoms with E-state index in [0.717, 1.165) is 0 Å². The smallest absolute Gasteiger partial charge is 0.233 e. The zero-order valence-corrected chi connectivity index (χ0v) is 12.1. The second-order valence-electron chi connectivity index (χ2n) is 4.48. The van der Waals surface area contributed by atoms with Gasteiger partial charge in [-0.15, -0.1) is 0 Å². The van der Waals surface area contributed by atoms with Gasteiger partial charge in [0.25, 0.3) is 0 Å². The third-order valence-electron chi connectivity index (χ3n) is 2.67. The van der Waals surface area contributed by atoms with Gasteiger partial charge in [0, 0.05) is 5.54 Å². The van der Waals surface area contributed by atoms with Crippen molar-refractivity contribution < 1.29 is 4.74 Å². The van der Waals surface area contributed by atoms with E-state index >= 15 is 0 Å². The minimum absolute atomic E-state index is 0.0826. The molecule has 6 nitrogen and oxygen atoms in total. The molecule has 96 valence electrons. The number of nitrogens with zero attached hydrogens (tertiary/aromatic N) is 3. The van der Waals surface area contributed by atoms with Crippen LogP contribution >= 0.6 is 15.9 Å². The zero-order chi connectivity index (χ0) is 13.1. The Bertz CT molecular complexity index is 383. The molecule has 0 unspecified atom stereocenters. The van der Waals surface area contributed by atoms with Gasteiger partial charge in [0.05, 0.1) is 0 Å². The Hall–Kier alpha value is -0.920. The van der Waals surface area contributed by atoms with Gasteiger partial charge >= 0.3 is 0 Å². The van der Waals surface area contributed by atoms with Gasteiger partial charge in [-0.05, 0) is 43.9 Å². The summed E-state index contributed by atoms with van der Waals surface area (Å²) in [5.41, 5.74) is 2.38. The van der Waals surface area contributed by atoms with Crippen LogP contribution in [0.25, 0.3) is 0 Å². The summed E-state index contributed by atoms with van der Waals surface area (Å²) in [6.07, 6.45) is 1.40. The molecule has 1 rings (SSSR count). The first kappa shape index (κ1) is 14.1. The number of anilines is 1. The van der Waals surface area contributed by atoms with Crippen molar-refractivity contribution in [3.8, 4) is 5.88 Å². The van der Waals surface area contributed by atoms with Crippen LogP contribution in [0.4, 0.5) is 5.82 Å². The van der Waals surface area contributed by atoms with Gasteiger partial charge in [-0.25, -0.2) is 15.8 Å². The first-order valence-corrected chi connectivity index (χ1v) is 5.95. The average Bonchev–Trinajstić information content (AvgIpc) is 2.27. The molecule has 1 aromatic heterocycles. The number of likely N-dealkylation sites (N-methyl/N-ethyl adjacent to an activating group) is 1. The molecule has 0 aliphatic rings. The van der Waals surface area contributed by atoms with E-state index in [9.17, 15) is 0 Å². The van der Waals surface area contributed by atoms with Gasteiger partial charge in [-0.1, -0.05) is 0 Å². The fraction of sp³-hybridized carbons (Fsp3) is 0.600. The van der Waals surface area contributed by atoms with E-state index in [1.165, 1.54) is 6.33 Å². The molecule has 0 radical (unpaired) electrons. The number of halogens is 1. The highest BCUT2D eigenvalue weighted by atomic mass is 79.9. The number of rotatable bonds is 5. The standard InChI is InChI=1S/C10H18BrN5O/c1-10(2,16(3)4)5-17-9-7(11)8(15-12)13-6-14-9/h6H,5,12H2,1-4H3,(H,13,14,15). The normalized spacial score (nSPS) is 11.7. The Kier molecular flexibility index (Phi) is 4.67. The lowest BCUT2D eigenvalue weighted by atomic mass is 10.1. The molecule has 0 fully saturated rings. The van der Waals surface area contributed by atoms with Gasteiger partial charge in [-0.3, -0.25) is 0 Å². The number of ether oxygens (including phenoxy) is 1. The van der Waals surface area contributed by atoms with Gasteiger partial charge in [0.15, 0.2) is 5.82 Å². The molecule has 3 N–H and O–H groups in total. The monoisotopic (exact) mass is 303 g/mol. The van der Waals surface area contributed by atoms with E-state index in [0.29, 0.717) is 22.8 Å². The SMILES string of the molecule is CN(C)C(C)(C)COc1ncnc(NN)c1Br. The Labute approximate surface area is 110 Å². The van der Waals surface area contributed by atoms with Crippen LogP contribution < -0.4 is 16.0 Å². The molecule has 0 aliphatic carbocycles. The van der Waals surface area contributed by atoms with Crippen LogP contribution in [0.1, 0.15) is 13.8 Å². The molecule has 17 heavy (non-hydrogen) atoms. The molecule has 0 saturated heterocycles. The number of hydrogen-bond donors (Lipinski definition) is 2. The fourth-order valence-electron chi connectivity index (χ4n) is 0.929. The van der Waals surface area contributed by atoms with Crippen molar-refractivity contribution in [2.24, 2.45) is 5.84 Å². The molecular formula is C10H18BrN5O. The van der Waals surface area contributed by atoms with Crippen molar-refractivity contribution in [3.63, 3.8) is 0 Å². The van der Waals surface area contributed by atoms with Crippen molar-refractivity contribution in [1.29, 1.82) is 0 Å². The highest BCUT2D eigenvalue weighted by molar-refractivity contribution is 9.10. The van der Waals surface area contributed by atoms with E-state index < -0.39 is 0 Å². The second kappa shape index (κ2) is 5.61. The highest BCUT2D eigenvalue weighted by Gasteiger charge is 2.22. The summed E-state index contributed by atoms with van der Waals surface area (Å²) in [7, 11) is 4.01. The van der Waals surface area contributed by atoms with Crippen LogP contribution in [-0.2, 0) is 0 Å². The van der Waals surface area contributed by atoms with Crippen LogP contribution in [0, 0.1) is 0 Å². The molecule has 0 amide bonds. The molecule has 0 spiro atoms. The van der Waals surface area contributed by atoms with E-state index in [4.69, 9.17) is 10.6 Å². The maximum absolute atomic E-state index is 5.67. The van der Waals surface area contributed by atoms with Crippen molar-refractivity contribution in [3.05, 3.63) is 10.8 Å². The number of hydrogen-bond acceptors (Lipinski definition) is 6. The summed E-state index contributed by atoms with van der Waals surface area (Å²) in [5, 5.41) is 0. The Balaban J connectivity index is 2.76. The van der Waals surface area contributed by atoms with Crippen LogP contribution in [-0.4, -0.2) is 41.1 Å². The number of nitrogen functional groups attached to an aromatic ring is 1. The Morgan fingerprint density at radius 1 is 1.47 bits per heavy atom. The number of nitrogens with two attached hydrogens (primary N) is 1. The molecule has 1 heterocycles. The van der Waals surface area contributed by atoms with E-state index in [1.807, 2.05) is 14.1 Å². The molecule has 0 atom stereocenters. The number of nitrogens with one attached hydrogen (secondary N) is 1. The van der Waals surface area contributed by atoms with Crippen LogP contribution in [0.2, 0.25) is 0 Å². The summed E-state index contributed by atoms with van der Waals surface area (Å²) in [5.74, 6) is 6.29. The van der Waals surface area contributed by atoms with Gasteiger partial charge < -0.3 is 15.1 Å². The highest BCUT2D eigenvalue weighted by Crippen LogP contribution is 2.28. The predicted molar refractivity (Wildman–Crippen MR) is 70.8 cm³/mol. The Morgan fingerprint density at radius 2 is 2.12 bits per heavy atom. The van der Waals surface area contributed by atoms with Crippen molar-refractivity contribution in [1.82, 2.24) is 14.9 Å². The summed E-state index contributed by atoms with van der Waals surface area (Å²) in [6, 6.07) is 0. The van der Waals surface area contributed by atoms with E-state index in [-0.39, 0.29) is 5.54 Å². The Morgan fingerprint density at radius 3 is 2.65 bits per heavy atom. The van der Waals surface area contributed by atoms with Gasteiger partial charge in [0.2, 0.25) is 5.88 Å². The molecule has 0 aliphatic heterocycles. The first-order chi connectivity index (χ1) is 7.88. The summed E-state index contributed by atoms with van der Waals surface area (Å²) < 4.78 is 6.29. The van der Waals surface area contributed by atoms with Crippen molar-refractivity contribution in [2.75, 3.05) is 26.1 Å². The molecule has 1 aromatic rings. The minimum Gasteiger partial charge on any atom is -0.475 e. The maximum Gasteiger partial charge on any atom is 0.233 e. The molecule has 0 bridgehead atoms. The lowest BCUT2D eigenvalue weighted by Crippen LogP contribution is -2.43. The number of hydrazine groups is 1.